The topological polar surface area (TPSA) is 53.1 Å². The van der Waals surface area contributed by atoms with Gasteiger partial charge >= 0.3 is 0 Å². The third-order valence-corrected chi connectivity index (χ3v) is 3.45. The zero-order chi connectivity index (χ0) is 13.0. The normalized spacial score (nSPS) is 12.8. The largest absolute Gasteiger partial charge is 0.387 e. The first-order valence-corrected chi connectivity index (χ1v) is 6.12. The van der Waals surface area contributed by atoms with E-state index < -0.39 is 0 Å². The number of nitrogens with zero attached hydrogens (tertiary/aromatic N) is 1. The van der Waals surface area contributed by atoms with E-state index in [1.807, 2.05) is 26.1 Å². The van der Waals surface area contributed by atoms with Gasteiger partial charge in [0.25, 0.3) is 0 Å². The molecule has 5 heteroatoms. The zero-order valence-electron chi connectivity index (χ0n) is 10.0. The van der Waals surface area contributed by atoms with Crippen molar-refractivity contribution < 1.29 is 0 Å². The molecule has 1 unspecified atom stereocenters. The lowest BCUT2D eigenvalue weighted by molar-refractivity contribution is 0.306. The third-order valence-electron chi connectivity index (χ3n) is 2.59. The highest BCUT2D eigenvalue weighted by atomic mass is 35.5. The lowest BCUT2D eigenvalue weighted by Crippen LogP contribution is -2.31. The van der Waals surface area contributed by atoms with E-state index in [1.165, 1.54) is 0 Å². The molecule has 0 saturated heterocycles. The van der Waals surface area contributed by atoms with Gasteiger partial charge in [-0.15, -0.1) is 0 Å². The van der Waals surface area contributed by atoms with E-state index in [9.17, 15) is 0 Å². The minimum atomic E-state index is 0.0398. The molecule has 1 aromatic carbocycles. The van der Waals surface area contributed by atoms with Crippen LogP contribution in [0.25, 0.3) is 0 Å². The van der Waals surface area contributed by atoms with Crippen molar-refractivity contribution in [2.45, 2.75) is 13.5 Å². The number of benzene rings is 1. The zero-order valence-corrected chi connectivity index (χ0v) is 11.5. The van der Waals surface area contributed by atoms with Crippen molar-refractivity contribution >= 4 is 29.0 Å². The Morgan fingerprint density at radius 1 is 1.47 bits per heavy atom. The molecular formula is C12H17Cl2N3. The molecule has 1 rings (SSSR count). The molecule has 3 nitrogen and oxygen atoms in total. The van der Waals surface area contributed by atoms with Gasteiger partial charge in [-0.25, -0.2) is 0 Å². The highest BCUT2D eigenvalue weighted by Gasteiger charge is 2.11. The number of nitrogens with two attached hydrogens (primary N) is 1. The van der Waals surface area contributed by atoms with Crippen LogP contribution in [0.3, 0.4) is 0 Å². The summed E-state index contributed by atoms with van der Waals surface area (Å²) in [7, 11) is 1.97. The van der Waals surface area contributed by atoms with Crippen LogP contribution in [0.1, 0.15) is 12.5 Å². The molecule has 0 amide bonds. The Morgan fingerprint density at radius 2 is 2.12 bits per heavy atom. The van der Waals surface area contributed by atoms with Crippen molar-refractivity contribution in [2.75, 3.05) is 13.6 Å². The van der Waals surface area contributed by atoms with Gasteiger partial charge in [0.15, 0.2) is 0 Å². The lowest BCUT2D eigenvalue weighted by Gasteiger charge is -2.21. The molecule has 0 spiro atoms. The van der Waals surface area contributed by atoms with Gasteiger partial charge < -0.3 is 10.6 Å². The fourth-order valence-corrected chi connectivity index (χ4v) is 1.97. The summed E-state index contributed by atoms with van der Waals surface area (Å²) in [4.78, 5) is 2.07. The summed E-state index contributed by atoms with van der Waals surface area (Å²) in [6.07, 6.45) is 0. The summed E-state index contributed by atoms with van der Waals surface area (Å²) >= 11 is 12.1. The monoisotopic (exact) mass is 273 g/mol. The van der Waals surface area contributed by atoms with Crippen LogP contribution in [-0.4, -0.2) is 24.3 Å². The Balaban J connectivity index is 2.65. The molecule has 0 aliphatic carbocycles. The van der Waals surface area contributed by atoms with Crippen LogP contribution in [0.5, 0.6) is 0 Å². The highest BCUT2D eigenvalue weighted by molar-refractivity contribution is 6.42. The molecule has 1 aromatic rings. The van der Waals surface area contributed by atoms with Gasteiger partial charge in [-0.3, -0.25) is 5.41 Å². The van der Waals surface area contributed by atoms with E-state index in [2.05, 4.69) is 4.90 Å². The fraction of sp³-hybridized carbons (Fsp3) is 0.417. The second-order valence-electron chi connectivity index (χ2n) is 4.27. The summed E-state index contributed by atoms with van der Waals surface area (Å²) in [5.74, 6) is 0.243. The smallest absolute Gasteiger partial charge is 0.0947 e. The average Bonchev–Trinajstić information content (AvgIpc) is 2.24. The second-order valence-corrected chi connectivity index (χ2v) is 5.05. The van der Waals surface area contributed by atoms with Crippen LogP contribution < -0.4 is 5.73 Å². The molecule has 0 saturated carbocycles. The molecule has 1 atom stereocenters. The van der Waals surface area contributed by atoms with Gasteiger partial charge in [0, 0.05) is 19.0 Å². The van der Waals surface area contributed by atoms with Gasteiger partial charge in [0.05, 0.1) is 15.9 Å². The maximum Gasteiger partial charge on any atom is 0.0947 e. The summed E-state index contributed by atoms with van der Waals surface area (Å²) in [6.45, 7) is 3.34. The van der Waals surface area contributed by atoms with Crippen LogP contribution in [0, 0.1) is 11.3 Å². The van der Waals surface area contributed by atoms with E-state index in [0.717, 1.165) is 12.1 Å². The third kappa shape index (κ3) is 4.19. The van der Waals surface area contributed by atoms with Crippen molar-refractivity contribution in [3.8, 4) is 0 Å². The molecule has 0 aromatic heterocycles. The predicted molar refractivity (Wildman–Crippen MR) is 73.9 cm³/mol. The molecule has 3 N–H and O–H groups in total. The van der Waals surface area contributed by atoms with Crippen molar-refractivity contribution in [3.05, 3.63) is 33.8 Å². The first kappa shape index (κ1) is 14.3. The average molecular weight is 274 g/mol. The quantitative estimate of drug-likeness (QED) is 0.640. The van der Waals surface area contributed by atoms with Crippen LogP contribution in [0.15, 0.2) is 18.2 Å². The standard InChI is InChI=1S/C12H17Cl2N3/c1-8(12(15)16)6-17(2)7-9-4-3-5-10(13)11(9)14/h3-5,8H,6-7H2,1-2H3,(H3,15,16). The number of halogens is 2. The second kappa shape index (κ2) is 6.24. The highest BCUT2D eigenvalue weighted by Crippen LogP contribution is 2.26. The van der Waals surface area contributed by atoms with Crippen molar-refractivity contribution in [3.63, 3.8) is 0 Å². The molecular weight excluding hydrogens is 257 g/mol. The van der Waals surface area contributed by atoms with Gasteiger partial charge in [0.2, 0.25) is 0 Å². The lowest BCUT2D eigenvalue weighted by atomic mass is 10.1. The Morgan fingerprint density at radius 3 is 2.71 bits per heavy atom. The summed E-state index contributed by atoms with van der Waals surface area (Å²) in [5.41, 5.74) is 6.42. The maximum absolute atomic E-state index is 7.35. The number of amidine groups is 1. The number of hydrogen-bond acceptors (Lipinski definition) is 2. The molecule has 0 fully saturated rings. The molecule has 94 valence electrons. The Hall–Kier alpha value is -0.770. The number of nitrogens with one attached hydrogen (secondary N) is 1. The fourth-order valence-electron chi connectivity index (χ4n) is 1.59. The van der Waals surface area contributed by atoms with Crippen molar-refractivity contribution in [2.24, 2.45) is 11.7 Å². The molecule has 0 radical (unpaired) electrons. The van der Waals surface area contributed by atoms with Crippen molar-refractivity contribution in [1.82, 2.24) is 4.90 Å². The molecule has 0 bridgehead atoms. The van der Waals surface area contributed by atoms with Crippen LogP contribution >= 0.6 is 23.2 Å². The molecule has 0 aliphatic rings. The van der Waals surface area contributed by atoms with Gasteiger partial charge in [0.1, 0.15) is 0 Å². The number of hydrogen-bond donors (Lipinski definition) is 2. The molecule has 0 heterocycles. The minimum Gasteiger partial charge on any atom is -0.387 e. The van der Waals surface area contributed by atoms with E-state index in [1.54, 1.807) is 6.07 Å². The summed E-state index contributed by atoms with van der Waals surface area (Å²) < 4.78 is 0. The molecule has 17 heavy (non-hydrogen) atoms. The van der Waals surface area contributed by atoms with E-state index in [4.69, 9.17) is 34.3 Å². The predicted octanol–water partition coefficient (Wildman–Crippen LogP) is 3.00. The Labute approximate surface area is 112 Å². The minimum absolute atomic E-state index is 0.0398. The Kier molecular flexibility index (Phi) is 5.25. The van der Waals surface area contributed by atoms with Crippen LogP contribution in [-0.2, 0) is 6.54 Å². The first-order chi connectivity index (χ1) is 7.91. The van der Waals surface area contributed by atoms with E-state index in [0.29, 0.717) is 16.6 Å². The van der Waals surface area contributed by atoms with Gasteiger partial charge in [-0.1, -0.05) is 42.3 Å². The van der Waals surface area contributed by atoms with Crippen molar-refractivity contribution in [1.29, 1.82) is 5.41 Å². The maximum atomic E-state index is 7.35. The molecule has 0 aliphatic heterocycles. The SMILES string of the molecule is CC(CN(C)Cc1cccc(Cl)c1Cl)C(=N)N. The van der Waals surface area contributed by atoms with Crippen LogP contribution in [0.4, 0.5) is 0 Å². The summed E-state index contributed by atoms with van der Waals surface area (Å²) in [6, 6.07) is 5.60. The summed E-state index contributed by atoms with van der Waals surface area (Å²) in [5, 5.41) is 8.51. The Bertz CT molecular complexity index is 407. The van der Waals surface area contributed by atoms with E-state index >= 15 is 0 Å². The van der Waals surface area contributed by atoms with Gasteiger partial charge in [-0.2, -0.15) is 0 Å². The van der Waals surface area contributed by atoms with E-state index in [-0.39, 0.29) is 11.8 Å². The number of rotatable bonds is 5. The van der Waals surface area contributed by atoms with Gasteiger partial charge in [-0.05, 0) is 18.7 Å². The van der Waals surface area contributed by atoms with Crippen LogP contribution in [0.2, 0.25) is 10.0 Å². The first-order valence-electron chi connectivity index (χ1n) is 5.37.